The molecule has 0 atom stereocenters. The lowest BCUT2D eigenvalue weighted by Crippen LogP contribution is -2.32. The van der Waals surface area contributed by atoms with Gasteiger partial charge in [0.05, 0.1) is 12.2 Å². The highest BCUT2D eigenvalue weighted by Crippen LogP contribution is 2.28. The smallest absolute Gasteiger partial charge is 0.243 e. The molecule has 4 nitrogen and oxygen atoms in total. The van der Waals surface area contributed by atoms with Crippen LogP contribution in [0.15, 0.2) is 60.7 Å². The van der Waals surface area contributed by atoms with Crippen LogP contribution in [0.4, 0.5) is 11.4 Å². The van der Waals surface area contributed by atoms with Gasteiger partial charge in [0, 0.05) is 12.2 Å². The first-order valence-corrected chi connectivity index (χ1v) is 8.12. The molecule has 0 fully saturated rings. The predicted octanol–water partition coefficient (Wildman–Crippen LogP) is 3.64. The van der Waals surface area contributed by atoms with E-state index in [2.05, 4.69) is 28.9 Å². The van der Waals surface area contributed by atoms with E-state index < -0.39 is 0 Å². The van der Waals surface area contributed by atoms with Gasteiger partial charge in [-0.2, -0.15) is 0 Å². The summed E-state index contributed by atoms with van der Waals surface area (Å²) in [5, 5.41) is 2.96. The molecule has 0 radical (unpaired) electrons. The lowest BCUT2D eigenvalue weighted by Gasteiger charge is -2.19. The molecule has 1 aliphatic rings. The number of carbonyl (C=O) groups is 1. The second-order valence-corrected chi connectivity index (χ2v) is 6.09. The third-order valence-corrected chi connectivity index (χ3v) is 3.95. The lowest BCUT2D eigenvalue weighted by molar-refractivity contribution is -0.115. The van der Waals surface area contributed by atoms with Gasteiger partial charge in [0.25, 0.3) is 0 Å². The van der Waals surface area contributed by atoms with Crippen molar-refractivity contribution in [2.45, 2.75) is 13.3 Å². The molecule has 0 unspecified atom stereocenters. The van der Waals surface area contributed by atoms with Gasteiger partial charge in [-0.25, -0.2) is 0 Å². The molecule has 0 spiro atoms. The number of anilines is 2. The topological polar surface area (TPSA) is 41.6 Å². The molecular formula is C20H22N2O2. The van der Waals surface area contributed by atoms with Crippen LogP contribution in [0.5, 0.6) is 5.75 Å². The number of benzene rings is 2. The Morgan fingerprint density at radius 1 is 1.21 bits per heavy atom. The van der Waals surface area contributed by atoms with E-state index in [4.69, 9.17) is 4.74 Å². The van der Waals surface area contributed by atoms with Crippen molar-refractivity contribution in [1.29, 1.82) is 0 Å². The maximum absolute atomic E-state index is 12.4. The monoisotopic (exact) mass is 322 g/mol. The van der Waals surface area contributed by atoms with Crippen molar-refractivity contribution in [3.63, 3.8) is 0 Å². The highest BCUT2D eigenvalue weighted by Gasteiger charge is 2.20. The zero-order chi connectivity index (χ0) is 16.9. The number of carbonyl (C=O) groups excluding carboxylic acids is 1. The SMILES string of the molecule is C=C(C)COc1ccccc1NC(=O)CN1CCc2ccccc21. The first kappa shape index (κ1) is 16.1. The molecule has 124 valence electrons. The van der Waals surface area contributed by atoms with Gasteiger partial charge in [-0.05, 0) is 42.7 Å². The van der Waals surface area contributed by atoms with Gasteiger partial charge >= 0.3 is 0 Å². The zero-order valence-corrected chi connectivity index (χ0v) is 13.9. The van der Waals surface area contributed by atoms with E-state index in [-0.39, 0.29) is 5.91 Å². The molecule has 2 aromatic rings. The molecule has 1 heterocycles. The minimum atomic E-state index is -0.0434. The summed E-state index contributed by atoms with van der Waals surface area (Å²) in [5.74, 6) is 0.619. The fraction of sp³-hybridized carbons (Fsp3) is 0.250. The Hall–Kier alpha value is -2.75. The van der Waals surface area contributed by atoms with Crippen molar-refractivity contribution in [3.05, 3.63) is 66.2 Å². The number of hydrogen-bond donors (Lipinski definition) is 1. The number of fused-ring (bicyclic) bond motifs is 1. The van der Waals surface area contributed by atoms with Crippen molar-refractivity contribution in [2.24, 2.45) is 0 Å². The molecule has 0 aliphatic carbocycles. The minimum absolute atomic E-state index is 0.0434. The Morgan fingerprint density at radius 2 is 1.96 bits per heavy atom. The van der Waals surface area contributed by atoms with Crippen LogP contribution < -0.4 is 15.0 Å². The number of hydrogen-bond acceptors (Lipinski definition) is 3. The summed E-state index contributed by atoms with van der Waals surface area (Å²) >= 11 is 0. The van der Waals surface area contributed by atoms with Crippen LogP contribution in [0.1, 0.15) is 12.5 Å². The molecule has 4 heteroatoms. The molecular weight excluding hydrogens is 300 g/mol. The van der Waals surface area contributed by atoms with Crippen LogP contribution in [-0.4, -0.2) is 25.6 Å². The van der Waals surface area contributed by atoms with Gasteiger partial charge in [0.1, 0.15) is 12.4 Å². The minimum Gasteiger partial charge on any atom is -0.487 e. The average molecular weight is 322 g/mol. The van der Waals surface area contributed by atoms with E-state index in [1.54, 1.807) is 0 Å². The molecule has 1 N–H and O–H groups in total. The highest BCUT2D eigenvalue weighted by atomic mass is 16.5. The summed E-state index contributed by atoms with van der Waals surface area (Å²) in [5.41, 5.74) is 4.08. The average Bonchev–Trinajstić information content (AvgIpc) is 2.97. The zero-order valence-electron chi connectivity index (χ0n) is 13.9. The van der Waals surface area contributed by atoms with Crippen molar-refractivity contribution in [2.75, 3.05) is 29.9 Å². The van der Waals surface area contributed by atoms with E-state index in [1.807, 2.05) is 43.3 Å². The third kappa shape index (κ3) is 3.77. The first-order valence-electron chi connectivity index (χ1n) is 8.12. The van der Waals surface area contributed by atoms with E-state index in [1.165, 1.54) is 5.56 Å². The van der Waals surface area contributed by atoms with E-state index in [0.29, 0.717) is 24.6 Å². The summed E-state index contributed by atoms with van der Waals surface area (Å²) in [6, 6.07) is 15.7. The van der Waals surface area contributed by atoms with Gasteiger partial charge in [0.2, 0.25) is 5.91 Å². The number of rotatable bonds is 6. The molecule has 3 rings (SSSR count). The van der Waals surface area contributed by atoms with Gasteiger partial charge in [-0.3, -0.25) is 4.79 Å². The maximum atomic E-state index is 12.4. The Bertz CT molecular complexity index is 755. The number of amides is 1. The summed E-state index contributed by atoms with van der Waals surface area (Å²) in [4.78, 5) is 14.6. The first-order chi connectivity index (χ1) is 11.6. The van der Waals surface area contributed by atoms with E-state index in [0.717, 1.165) is 24.2 Å². The molecule has 2 aromatic carbocycles. The fourth-order valence-electron chi connectivity index (χ4n) is 2.83. The molecule has 24 heavy (non-hydrogen) atoms. The molecule has 0 aromatic heterocycles. The fourth-order valence-corrected chi connectivity index (χ4v) is 2.83. The quantitative estimate of drug-likeness (QED) is 0.826. The number of nitrogens with one attached hydrogen (secondary N) is 1. The lowest BCUT2D eigenvalue weighted by atomic mass is 10.2. The summed E-state index contributed by atoms with van der Waals surface area (Å²) in [6.45, 7) is 7.39. The van der Waals surface area contributed by atoms with E-state index in [9.17, 15) is 4.79 Å². The van der Waals surface area contributed by atoms with Gasteiger partial charge in [-0.15, -0.1) is 0 Å². The molecule has 1 amide bonds. The summed E-state index contributed by atoms with van der Waals surface area (Å²) in [6.07, 6.45) is 0.988. The van der Waals surface area contributed by atoms with Crippen LogP contribution in [0.2, 0.25) is 0 Å². The molecule has 0 saturated heterocycles. The van der Waals surface area contributed by atoms with Crippen LogP contribution in [0.25, 0.3) is 0 Å². The second kappa shape index (κ2) is 7.21. The van der Waals surface area contributed by atoms with Crippen LogP contribution >= 0.6 is 0 Å². The van der Waals surface area contributed by atoms with Gasteiger partial charge in [-0.1, -0.05) is 36.9 Å². The van der Waals surface area contributed by atoms with Gasteiger partial charge in [0.15, 0.2) is 0 Å². The van der Waals surface area contributed by atoms with Crippen molar-refractivity contribution >= 4 is 17.3 Å². The summed E-state index contributed by atoms with van der Waals surface area (Å²) < 4.78 is 5.70. The highest BCUT2D eigenvalue weighted by molar-refractivity contribution is 5.95. The third-order valence-electron chi connectivity index (χ3n) is 3.95. The standard InChI is InChI=1S/C20H22N2O2/c1-15(2)14-24-19-10-6-4-8-17(19)21-20(23)13-22-12-11-16-7-3-5-9-18(16)22/h3-10H,1,11-14H2,2H3,(H,21,23). The largest absolute Gasteiger partial charge is 0.487 e. The Kier molecular flexibility index (Phi) is 4.85. The van der Waals surface area contributed by atoms with Crippen molar-refractivity contribution < 1.29 is 9.53 Å². The number of ether oxygens (including phenoxy) is 1. The number of para-hydroxylation sites is 3. The number of nitrogens with zero attached hydrogens (tertiary/aromatic N) is 1. The van der Waals surface area contributed by atoms with Crippen LogP contribution in [0, 0.1) is 0 Å². The Morgan fingerprint density at radius 3 is 2.79 bits per heavy atom. The molecule has 0 bridgehead atoms. The normalized spacial score (nSPS) is 12.6. The maximum Gasteiger partial charge on any atom is 0.243 e. The molecule has 1 aliphatic heterocycles. The Balaban J connectivity index is 1.65. The van der Waals surface area contributed by atoms with Crippen LogP contribution in [-0.2, 0) is 11.2 Å². The Labute approximate surface area is 142 Å². The van der Waals surface area contributed by atoms with E-state index >= 15 is 0 Å². The van der Waals surface area contributed by atoms with Crippen LogP contribution in [0.3, 0.4) is 0 Å². The van der Waals surface area contributed by atoms with Crippen molar-refractivity contribution in [1.82, 2.24) is 0 Å². The predicted molar refractivity (Wildman–Crippen MR) is 97.7 cm³/mol. The van der Waals surface area contributed by atoms with Crippen molar-refractivity contribution in [3.8, 4) is 5.75 Å². The van der Waals surface area contributed by atoms with Gasteiger partial charge < -0.3 is 15.0 Å². The molecule has 0 saturated carbocycles. The summed E-state index contributed by atoms with van der Waals surface area (Å²) in [7, 11) is 0. The second-order valence-electron chi connectivity index (χ2n) is 6.09.